The number of amides is 3. The fraction of sp³-hybridized carbons (Fsp3) is 0.212. The molecule has 0 saturated heterocycles. The molecule has 45 heavy (non-hydrogen) atoms. The van der Waals surface area contributed by atoms with Gasteiger partial charge in [0.05, 0.1) is 49.2 Å². The molecule has 1 heterocycles. The standard InChI is InChI=1S/C33H29BrClN5O4.ClH/c1-19(37-2)31(41)38-27-18-40(32(42)21-9-7-20(16-36)8-10-21)29-15-22(35)11-13-28(29)39(33(27)43)17-25-23-5-4-6-26(34)24(23)12-14-30(25)44-3;/h4-15,19,27,37H,17-18H2,1-3H3,(H,38,41);1H. The number of hydrogen-bond acceptors (Lipinski definition) is 6. The van der Waals surface area contributed by atoms with Crippen LogP contribution in [0.15, 0.2) is 77.3 Å². The highest BCUT2D eigenvalue weighted by molar-refractivity contribution is 9.10. The SMILES string of the molecule is CNC(C)C(=O)NC1CN(C(=O)c2ccc(C#N)cc2)c2cc(Cl)ccc2N(Cc2c(OC)ccc3c(Br)cccc23)C1=O.Cl. The summed E-state index contributed by atoms with van der Waals surface area (Å²) in [6.45, 7) is 1.61. The van der Waals surface area contributed by atoms with Crippen LogP contribution in [0.3, 0.4) is 0 Å². The number of methoxy groups -OCH3 is 1. The van der Waals surface area contributed by atoms with Gasteiger partial charge in [-0.1, -0.05) is 39.7 Å². The molecule has 0 spiro atoms. The molecule has 9 nitrogen and oxygen atoms in total. The number of rotatable bonds is 7. The third-order valence-corrected chi connectivity index (χ3v) is 8.64. The highest BCUT2D eigenvalue weighted by Gasteiger charge is 2.38. The Balaban J connectivity index is 0.00000461. The zero-order valence-corrected chi connectivity index (χ0v) is 27.8. The van der Waals surface area contributed by atoms with E-state index in [0.29, 0.717) is 33.3 Å². The van der Waals surface area contributed by atoms with Gasteiger partial charge in [-0.15, -0.1) is 12.4 Å². The summed E-state index contributed by atoms with van der Waals surface area (Å²) in [5.74, 6) is -0.639. The molecule has 4 aromatic rings. The second kappa shape index (κ2) is 14.3. The van der Waals surface area contributed by atoms with E-state index < -0.39 is 29.8 Å². The van der Waals surface area contributed by atoms with Crippen molar-refractivity contribution in [2.24, 2.45) is 0 Å². The minimum Gasteiger partial charge on any atom is -0.496 e. The van der Waals surface area contributed by atoms with Crippen LogP contribution >= 0.6 is 39.9 Å². The highest BCUT2D eigenvalue weighted by Crippen LogP contribution is 2.40. The number of nitriles is 1. The Labute approximate surface area is 280 Å². The molecule has 0 aliphatic carbocycles. The molecule has 2 N–H and O–H groups in total. The van der Waals surface area contributed by atoms with E-state index in [0.717, 1.165) is 20.8 Å². The van der Waals surface area contributed by atoms with Crippen LogP contribution in [0.1, 0.15) is 28.4 Å². The van der Waals surface area contributed by atoms with E-state index in [9.17, 15) is 19.6 Å². The Hall–Kier alpha value is -4.14. The third-order valence-electron chi connectivity index (χ3n) is 7.71. The molecular weight excluding hydrogens is 681 g/mol. The highest BCUT2D eigenvalue weighted by atomic mass is 79.9. The summed E-state index contributed by atoms with van der Waals surface area (Å²) in [7, 11) is 3.22. The molecule has 232 valence electrons. The maximum absolute atomic E-state index is 14.5. The third kappa shape index (κ3) is 6.77. The van der Waals surface area contributed by atoms with Crippen LogP contribution in [0, 0.1) is 11.3 Å². The van der Waals surface area contributed by atoms with Crippen LogP contribution in [0.4, 0.5) is 11.4 Å². The van der Waals surface area contributed by atoms with Gasteiger partial charge in [0.1, 0.15) is 11.8 Å². The van der Waals surface area contributed by atoms with Gasteiger partial charge < -0.3 is 25.2 Å². The number of ether oxygens (including phenoxy) is 1. The Bertz CT molecular complexity index is 1810. The van der Waals surface area contributed by atoms with Gasteiger partial charge in [-0.25, -0.2) is 0 Å². The molecule has 2 atom stereocenters. The Morgan fingerprint density at radius 2 is 1.82 bits per heavy atom. The Morgan fingerprint density at radius 3 is 2.49 bits per heavy atom. The average molecular weight is 711 g/mol. The number of hydrogen-bond donors (Lipinski definition) is 2. The van der Waals surface area contributed by atoms with Crippen LogP contribution in [-0.2, 0) is 16.1 Å². The molecule has 0 aromatic heterocycles. The van der Waals surface area contributed by atoms with Crippen molar-refractivity contribution in [1.82, 2.24) is 10.6 Å². The average Bonchev–Trinajstić information content (AvgIpc) is 3.14. The molecular formula is C33H30BrCl2N5O4. The van der Waals surface area contributed by atoms with Gasteiger partial charge >= 0.3 is 0 Å². The number of anilines is 2. The number of halogens is 3. The summed E-state index contributed by atoms with van der Waals surface area (Å²) in [5, 5.41) is 17.2. The lowest BCUT2D eigenvalue weighted by atomic mass is 10.0. The number of nitrogens with one attached hydrogen (secondary N) is 2. The van der Waals surface area contributed by atoms with Gasteiger partial charge in [-0.2, -0.15) is 5.26 Å². The lowest BCUT2D eigenvalue weighted by molar-refractivity contribution is -0.128. The van der Waals surface area contributed by atoms with Crippen molar-refractivity contribution in [1.29, 1.82) is 5.26 Å². The molecule has 0 bridgehead atoms. The lowest BCUT2D eigenvalue weighted by Crippen LogP contribution is -2.55. The number of benzene rings is 4. The van der Waals surface area contributed by atoms with Crippen molar-refractivity contribution in [3.63, 3.8) is 0 Å². The maximum atomic E-state index is 14.5. The monoisotopic (exact) mass is 709 g/mol. The van der Waals surface area contributed by atoms with Crippen LogP contribution in [0.5, 0.6) is 5.75 Å². The fourth-order valence-electron chi connectivity index (χ4n) is 5.22. The second-order valence-corrected chi connectivity index (χ2v) is 11.6. The van der Waals surface area contributed by atoms with E-state index in [4.69, 9.17) is 16.3 Å². The lowest BCUT2D eigenvalue weighted by Gasteiger charge is -2.27. The van der Waals surface area contributed by atoms with Crippen molar-refractivity contribution in [3.8, 4) is 11.8 Å². The van der Waals surface area contributed by atoms with Gasteiger partial charge in [0.2, 0.25) is 5.91 Å². The van der Waals surface area contributed by atoms with E-state index in [1.54, 1.807) is 68.4 Å². The predicted molar refractivity (Wildman–Crippen MR) is 181 cm³/mol. The van der Waals surface area contributed by atoms with Crippen molar-refractivity contribution >= 4 is 79.8 Å². The number of carbonyl (C=O) groups is 3. The number of carbonyl (C=O) groups excluding carboxylic acids is 3. The van der Waals surface area contributed by atoms with E-state index in [2.05, 4.69) is 32.6 Å². The van der Waals surface area contributed by atoms with E-state index in [1.165, 1.54) is 4.90 Å². The maximum Gasteiger partial charge on any atom is 0.258 e. The molecule has 0 radical (unpaired) electrons. The summed E-state index contributed by atoms with van der Waals surface area (Å²) in [6.07, 6.45) is 0. The van der Waals surface area contributed by atoms with E-state index in [-0.39, 0.29) is 25.5 Å². The minimum absolute atomic E-state index is 0. The number of nitrogens with zero attached hydrogens (tertiary/aromatic N) is 3. The summed E-state index contributed by atoms with van der Waals surface area (Å²) in [5.41, 5.74) is 2.31. The molecule has 1 aliphatic rings. The predicted octanol–water partition coefficient (Wildman–Crippen LogP) is 5.84. The zero-order valence-electron chi connectivity index (χ0n) is 24.6. The number of likely N-dealkylation sites (N-methyl/N-ethyl adjacent to an activating group) is 1. The van der Waals surface area contributed by atoms with Gasteiger partial charge in [0.25, 0.3) is 11.8 Å². The normalized spacial score (nSPS) is 14.9. The second-order valence-electron chi connectivity index (χ2n) is 10.3. The summed E-state index contributed by atoms with van der Waals surface area (Å²) in [6, 6.07) is 21.2. The first-order chi connectivity index (χ1) is 21.2. The fourth-order valence-corrected chi connectivity index (χ4v) is 5.88. The molecule has 4 aromatic carbocycles. The molecule has 2 unspecified atom stereocenters. The molecule has 3 amide bonds. The van der Waals surface area contributed by atoms with Crippen molar-refractivity contribution in [2.45, 2.75) is 25.6 Å². The van der Waals surface area contributed by atoms with Crippen molar-refractivity contribution in [3.05, 3.63) is 99.0 Å². The first-order valence-electron chi connectivity index (χ1n) is 13.8. The minimum atomic E-state index is -1.10. The van der Waals surface area contributed by atoms with Crippen LogP contribution in [-0.4, -0.2) is 50.5 Å². The van der Waals surface area contributed by atoms with Gasteiger partial charge in [0.15, 0.2) is 0 Å². The largest absolute Gasteiger partial charge is 0.496 e. The first-order valence-corrected chi connectivity index (χ1v) is 15.0. The Kier molecular flexibility index (Phi) is 10.7. The summed E-state index contributed by atoms with van der Waals surface area (Å²) >= 11 is 10.1. The molecule has 5 rings (SSSR count). The van der Waals surface area contributed by atoms with E-state index in [1.807, 2.05) is 30.3 Å². The molecule has 0 fully saturated rings. The van der Waals surface area contributed by atoms with Crippen molar-refractivity contribution in [2.75, 3.05) is 30.5 Å². The molecule has 0 saturated carbocycles. The van der Waals surface area contributed by atoms with Crippen LogP contribution in [0.25, 0.3) is 10.8 Å². The molecule has 1 aliphatic heterocycles. The first kappa shape index (κ1) is 33.7. The quantitative estimate of drug-likeness (QED) is 0.249. The summed E-state index contributed by atoms with van der Waals surface area (Å²) in [4.78, 5) is 44.6. The van der Waals surface area contributed by atoms with Crippen LogP contribution < -0.4 is 25.2 Å². The number of fused-ring (bicyclic) bond motifs is 2. The topological polar surface area (TPSA) is 115 Å². The van der Waals surface area contributed by atoms with Crippen molar-refractivity contribution < 1.29 is 19.1 Å². The zero-order chi connectivity index (χ0) is 31.5. The smallest absolute Gasteiger partial charge is 0.258 e. The van der Waals surface area contributed by atoms with E-state index >= 15 is 0 Å². The van der Waals surface area contributed by atoms with Gasteiger partial charge in [-0.05, 0) is 85.4 Å². The molecule has 12 heteroatoms. The Morgan fingerprint density at radius 1 is 1.09 bits per heavy atom. The van der Waals surface area contributed by atoms with Gasteiger partial charge in [-0.3, -0.25) is 14.4 Å². The van der Waals surface area contributed by atoms with Gasteiger partial charge in [0, 0.05) is 20.6 Å². The summed E-state index contributed by atoms with van der Waals surface area (Å²) < 4.78 is 6.63. The van der Waals surface area contributed by atoms with Crippen LogP contribution in [0.2, 0.25) is 5.02 Å².